The zero-order valence-corrected chi connectivity index (χ0v) is 16.0. The summed E-state index contributed by atoms with van der Waals surface area (Å²) in [5, 5.41) is 3.74. The Balaban J connectivity index is 1.59. The highest BCUT2D eigenvalue weighted by atomic mass is 16.2. The highest BCUT2D eigenvalue weighted by Crippen LogP contribution is 2.36. The molecule has 0 saturated heterocycles. The molecule has 1 amide bonds. The lowest BCUT2D eigenvalue weighted by Crippen LogP contribution is -2.38. The summed E-state index contributed by atoms with van der Waals surface area (Å²) < 4.78 is 0. The summed E-state index contributed by atoms with van der Waals surface area (Å²) in [6.07, 6.45) is 3.74. The maximum Gasteiger partial charge on any atom is 0.258 e. The van der Waals surface area contributed by atoms with Crippen LogP contribution in [0.4, 0.5) is 0 Å². The maximum absolute atomic E-state index is 13.1. The Morgan fingerprint density at radius 2 is 1.79 bits per heavy atom. The van der Waals surface area contributed by atoms with Gasteiger partial charge in [0.15, 0.2) is 0 Å². The van der Waals surface area contributed by atoms with Crippen molar-refractivity contribution in [3.8, 4) is 0 Å². The van der Waals surface area contributed by atoms with Crippen molar-refractivity contribution in [3.05, 3.63) is 76.3 Å². The molecule has 2 aromatic carbocycles. The Kier molecular flexibility index (Phi) is 5.24. The molecule has 1 aliphatic rings. The molecule has 1 aliphatic carbocycles. The molecule has 3 atom stereocenters. The largest absolute Gasteiger partial charge is 0.349 e. The molecule has 0 radical (unpaired) electrons. The van der Waals surface area contributed by atoms with Gasteiger partial charge < -0.3 is 10.3 Å². The Morgan fingerprint density at radius 1 is 1.07 bits per heavy atom. The number of carbonyl (C=O) groups excluding carboxylic acids is 1. The Morgan fingerprint density at radius 3 is 2.61 bits per heavy atom. The third-order valence-corrected chi connectivity index (χ3v) is 5.74. The van der Waals surface area contributed by atoms with Crippen molar-refractivity contribution in [3.63, 3.8) is 0 Å². The number of aromatic nitrogens is 2. The second-order valence-electron chi connectivity index (χ2n) is 7.61. The molecule has 144 valence electrons. The van der Waals surface area contributed by atoms with Crippen LogP contribution in [0.1, 0.15) is 56.0 Å². The van der Waals surface area contributed by atoms with Gasteiger partial charge in [0.1, 0.15) is 5.82 Å². The number of rotatable bonds is 4. The predicted octanol–water partition coefficient (Wildman–Crippen LogP) is 4.07. The maximum atomic E-state index is 13.1. The third-order valence-electron chi connectivity index (χ3n) is 5.74. The number of fused-ring (bicyclic) bond motifs is 1. The fraction of sp³-hybridized carbons (Fsp3) is 0.348. The summed E-state index contributed by atoms with van der Waals surface area (Å²) in [5.41, 5.74) is 1.63. The normalized spacial score (nSPS) is 20.6. The van der Waals surface area contributed by atoms with E-state index in [9.17, 15) is 9.59 Å². The monoisotopic (exact) mass is 375 g/mol. The molecule has 3 unspecified atom stereocenters. The summed E-state index contributed by atoms with van der Waals surface area (Å²) in [6.45, 7) is 2.00. The van der Waals surface area contributed by atoms with Gasteiger partial charge in [0.05, 0.1) is 16.9 Å². The molecule has 28 heavy (non-hydrogen) atoms. The van der Waals surface area contributed by atoms with Crippen molar-refractivity contribution in [1.82, 2.24) is 15.3 Å². The van der Waals surface area contributed by atoms with Crippen LogP contribution in [0.5, 0.6) is 0 Å². The van der Waals surface area contributed by atoms with E-state index in [2.05, 4.69) is 10.3 Å². The summed E-state index contributed by atoms with van der Waals surface area (Å²) in [7, 11) is 0. The van der Waals surface area contributed by atoms with Gasteiger partial charge in [0.25, 0.3) is 5.56 Å². The minimum Gasteiger partial charge on any atom is -0.349 e. The van der Waals surface area contributed by atoms with E-state index >= 15 is 0 Å². The molecule has 1 heterocycles. The van der Waals surface area contributed by atoms with Crippen LogP contribution in [0, 0.1) is 5.92 Å². The van der Waals surface area contributed by atoms with E-state index in [1.807, 2.05) is 55.5 Å². The van der Waals surface area contributed by atoms with Crippen molar-refractivity contribution < 1.29 is 4.79 Å². The average Bonchev–Trinajstić information content (AvgIpc) is 2.74. The Bertz CT molecular complexity index is 1030. The van der Waals surface area contributed by atoms with Crippen LogP contribution in [-0.4, -0.2) is 15.9 Å². The molecule has 1 aromatic heterocycles. The van der Waals surface area contributed by atoms with Gasteiger partial charge in [-0.2, -0.15) is 0 Å². The van der Waals surface area contributed by atoms with Gasteiger partial charge in [-0.1, -0.05) is 55.3 Å². The Labute approximate surface area is 164 Å². The van der Waals surface area contributed by atoms with Crippen LogP contribution >= 0.6 is 0 Å². The van der Waals surface area contributed by atoms with Gasteiger partial charge in [-0.3, -0.25) is 9.59 Å². The number of nitrogens with zero attached hydrogens (tertiary/aromatic N) is 1. The van der Waals surface area contributed by atoms with E-state index in [1.54, 1.807) is 6.07 Å². The van der Waals surface area contributed by atoms with E-state index in [0.29, 0.717) is 16.7 Å². The first-order valence-electron chi connectivity index (χ1n) is 9.98. The second-order valence-corrected chi connectivity index (χ2v) is 7.61. The van der Waals surface area contributed by atoms with Crippen LogP contribution in [0.2, 0.25) is 0 Å². The predicted molar refractivity (Wildman–Crippen MR) is 110 cm³/mol. The average molecular weight is 375 g/mol. The van der Waals surface area contributed by atoms with Gasteiger partial charge in [-0.25, -0.2) is 4.98 Å². The van der Waals surface area contributed by atoms with Gasteiger partial charge in [-0.15, -0.1) is 0 Å². The first-order valence-corrected chi connectivity index (χ1v) is 9.98. The van der Waals surface area contributed by atoms with Crippen LogP contribution in [0.3, 0.4) is 0 Å². The minimum atomic E-state index is -0.177. The van der Waals surface area contributed by atoms with Crippen molar-refractivity contribution in [2.45, 2.75) is 44.6 Å². The molecular weight excluding hydrogens is 350 g/mol. The number of amides is 1. The lowest BCUT2D eigenvalue weighted by molar-refractivity contribution is -0.127. The van der Waals surface area contributed by atoms with E-state index in [0.717, 1.165) is 31.2 Å². The van der Waals surface area contributed by atoms with E-state index < -0.39 is 0 Å². The first kappa shape index (κ1) is 18.4. The lowest BCUT2D eigenvalue weighted by Gasteiger charge is -2.31. The quantitative estimate of drug-likeness (QED) is 0.722. The van der Waals surface area contributed by atoms with Gasteiger partial charge in [0, 0.05) is 11.8 Å². The molecule has 5 nitrogen and oxygen atoms in total. The summed E-state index contributed by atoms with van der Waals surface area (Å²) in [4.78, 5) is 33.2. The van der Waals surface area contributed by atoms with Gasteiger partial charge in [-0.05, 0) is 37.5 Å². The number of nitrogens with one attached hydrogen (secondary N) is 2. The molecule has 2 N–H and O–H groups in total. The number of hydrogen-bond donors (Lipinski definition) is 2. The lowest BCUT2D eigenvalue weighted by atomic mass is 9.78. The zero-order chi connectivity index (χ0) is 19.5. The van der Waals surface area contributed by atoms with E-state index in [1.165, 1.54) is 0 Å². The highest BCUT2D eigenvalue weighted by molar-refractivity contribution is 5.80. The molecule has 5 heteroatoms. The fourth-order valence-corrected chi connectivity index (χ4v) is 4.20. The summed E-state index contributed by atoms with van der Waals surface area (Å²) in [6, 6.07) is 17.2. The number of para-hydroxylation sites is 1. The van der Waals surface area contributed by atoms with Crippen molar-refractivity contribution in [1.29, 1.82) is 0 Å². The molecular formula is C23H25N3O2. The Hall–Kier alpha value is -2.95. The number of aromatic amines is 1. The summed E-state index contributed by atoms with van der Waals surface area (Å²) in [5.74, 6) is 0.436. The molecule has 0 spiro atoms. The van der Waals surface area contributed by atoms with Crippen molar-refractivity contribution in [2.75, 3.05) is 0 Å². The zero-order valence-electron chi connectivity index (χ0n) is 16.0. The first-order chi connectivity index (χ1) is 13.6. The highest BCUT2D eigenvalue weighted by Gasteiger charge is 2.34. The second kappa shape index (κ2) is 7.97. The van der Waals surface area contributed by atoms with Crippen LogP contribution in [0.25, 0.3) is 10.9 Å². The number of H-pyrrole nitrogens is 1. The molecule has 1 fully saturated rings. The number of carbonyl (C=O) groups is 1. The molecule has 0 bridgehead atoms. The van der Waals surface area contributed by atoms with Crippen LogP contribution < -0.4 is 10.9 Å². The molecule has 0 aliphatic heterocycles. The standard InChI is InChI=1S/C23H25N3O2/c1-15(16-9-3-2-4-10-16)24-22(27)18-12-6-5-11-17(18)21-25-20-14-8-7-13-19(20)23(28)26-21/h2-4,7-10,13-15,17-18H,5-6,11-12H2,1H3,(H,24,27)(H,25,26,28). The molecule has 4 rings (SSSR count). The minimum absolute atomic E-state index is 0.0388. The van der Waals surface area contributed by atoms with Crippen LogP contribution in [-0.2, 0) is 4.79 Å². The van der Waals surface area contributed by atoms with Gasteiger partial charge >= 0.3 is 0 Å². The smallest absolute Gasteiger partial charge is 0.258 e. The number of benzene rings is 2. The van der Waals surface area contributed by atoms with Crippen molar-refractivity contribution >= 4 is 16.8 Å². The van der Waals surface area contributed by atoms with Gasteiger partial charge in [0.2, 0.25) is 5.91 Å². The fourth-order valence-electron chi connectivity index (χ4n) is 4.20. The SMILES string of the molecule is CC(NC(=O)C1CCCCC1c1nc2ccccc2c(=O)[nH]1)c1ccccc1. The van der Waals surface area contributed by atoms with Crippen LogP contribution in [0.15, 0.2) is 59.4 Å². The number of hydrogen-bond acceptors (Lipinski definition) is 3. The third kappa shape index (κ3) is 3.70. The topological polar surface area (TPSA) is 74.8 Å². The van der Waals surface area contributed by atoms with E-state index in [-0.39, 0.29) is 29.3 Å². The summed E-state index contributed by atoms with van der Waals surface area (Å²) >= 11 is 0. The molecule has 3 aromatic rings. The molecule has 1 saturated carbocycles. The van der Waals surface area contributed by atoms with E-state index in [4.69, 9.17) is 4.98 Å². The van der Waals surface area contributed by atoms with Crippen molar-refractivity contribution in [2.24, 2.45) is 5.92 Å².